The molecule has 0 unspecified atom stereocenters. The highest BCUT2D eigenvalue weighted by atomic mass is 35.5. The summed E-state index contributed by atoms with van der Waals surface area (Å²) in [5.41, 5.74) is -1.84. The van der Waals surface area contributed by atoms with Crippen LogP contribution in [0.15, 0.2) is 18.2 Å². The van der Waals surface area contributed by atoms with E-state index in [2.05, 4.69) is 4.98 Å². The summed E-state index contributed by atoms with van der Waals surface area (Å²) in [6.07, 6.45) is -4.36. The number of thiazole rings is 1. The molecule has 0 aliphatic heterocycles. The SMILES string of the molecule is Cc1nc(-c2cc(C(F)(F)F)cc(C(F)(F)CF)c2)sc1CCCl. The Hall–Kier alpha value is -1.28. The number of rotatable bonds is 5. The van der Waals surface area contributed by atoms with E-state index in [9.17, 15) is 26.3 Å². The van der Waals surface area contributed by atoms with E-state index >= 15 is 0 Å². The number of aryl methyl sites for hydroxylation is 2. The minimum atomic E-state index is -4.83. The first-order chi connectivity index (χ1) is 11.1. The molecule has 1 heterocycles. The van der Waals surface area contributed by atoms with Crippen molar-refractivity contribution in [3.8, 4) is 10.6 Å². The third-order valence-electron chi connectivity index (χ3n) is 3.31. The minimum absolute atomic E-state index is 0.123. The fourth-order valence-corrected chi connectivity index (χ4v) is 3.42. The van der Waals surface area contributed by atoms with Crippen LogP contribution in [0, 0.1) is 6.92 Å². The molecule has 0 N–H and O–H groups in total. The van der Waals surface area contributed by atoms with Gasteiger partial charge in [-0.2, -0.15) is 22.0 Å². The van der Waals surface area contributed by atoms with E-state index in [1.807, 2.05) is 0 Å². The summed E-state index contributed by atoms with van der Waals surface area (Å²) in [4.78, 5) is 4.89. The van der Waals surface area contributed by atoms with Gasteiger partial charge in [-0.1, -0.05) is 0 Å². The average Bonchev–Trinajstić information content (AvgIpc) is 2.87. The van der Waals surface area contributed by atoms with Crippen LogP contribution in [0.2, 0.25) is 0 Å². The van der Waals surface area contributed by atoms with Crippen molar-refractivity contribution in [2.75, 3.05) is 12.6 Å². The van der Waals surface area contributed by atoms with Gasteiger partial charge >= 0.3 is 12.1 Å². The van der Waals surface area contributed by atoms with Gasteiger partial charge in [0.25, 0.3) is 0 Å². The van der Waals surface area contributed by atoms with E-state index in [1.165, 1.54) is 0 Å². The third-order valence-corrected chi connectivity index (χ3v) is 4.77. The van der Waals surface area contributed by atoms with Crippen LogP contribution in [-0.2, 0) is 18.5 Å². The normalized spacial score (nSPS) is 12.7. The Morgan fingerprint density at radius 1 is 1.08 bits per heavy atom. The summed E-state index contributed by atoms with van der Waals surface area (Å²) >= 11 is 6.72. The van der Waals surface area contributed by atoms with E-state index in [1.54, 1.807) is 6.92 Å². The fraction of sp³-hybridized carbons (Fsp3) is 0.400. The molecule has 2 aromatic rings. The van der Waals surface area contributed by atoms with Gasteiger partial charge in [0.15, 0.2) is 6.67 Å². The second-order valence-electron chi connectivity index (χ2n) is 5.10. The monoisotopic (exact) mass is 387 g/mol. The van der Waals surface area contributed by atoms with Crippen molar-refractivity contribution in [3.05, 3.63) is 39.9 Å². The van der Waals surface area contributed by atoms with E-state index in [0.29, 0.717) is 18.0 Å². The molecule has 0 fully saturated rings. The van der Waals surface area contributed by atoms with Crippen molar-refractivity contribution in [1.82, 2.24) is 4.98 Å². The average molecular weight is 388 g/mol. The Kier molecular flexibility index (Phi) is 5.49. The summed E-state index contributed by atoms with van der Waals surface area (Å²) in [6.45, 7) is -0.422. The lowest BCUT2D eigenvalue weighted by molar-refractivity contribution is -0.137. The fourth-order valence-electron chi connectivity index (χ4n) is 2.07. The maximum absolute atomic E-state index is 13.6. The summed E-state index contributed by atoms with van der Waals surface area (Å²) in [5.74, 6) is -3.70. The van der Waals surface area contributed by atoms with Crippen molar-refractivity contribution >= 4 is 22.9 Å². The first-order valence-electron chi connectivity index (χ1n) is 6.77. The predicted molar refractivity (Wildman–Crippen MR) is 81.6 cm³/mol. The van der Waals surface area contributed by atoms with Crippen molar-refractivity contribution in [2.45, 2.75) is 25.4 Å². The molecule has 9 heteroatoms. The number of nitrogens with zero attached hydrogens (tertiary/aromatic N) is 1. The molecule has 0 amide bonds. The first-order valence-corrected chi connectivity index (χ1v) is 8.13. The molecule has 0 radical (unpaired) electrons. The lowest BCUT2D eigenvalue weighted by Crippen LogP contribution is -2.17. The van der Waals surface area contributed by atoms with Crippen LogP contribution in [0.4, 0.5) is 26.3 Å². The van der Waals surface area contributed by atoms with Gasteiger partial charge in [-0.25, -0.2) is 9.37 Å². The van der Waals surface area contributed by atoms with Crippen LogP contribution in [0.25, 0.3) is 10.6 Å². The van der Waals surface area contributed by atoms with Crippen LogP contribution in [0.3, 0.4) is 0 Å². The summed E-state index contributed by atoms with van der Waals surface area (Å²) in [6, 6.07) is 1.85. The molecule has 0 saturated heterocycles. The standard InChI is InChI=1S/C15H12ClF6NS/c1-8-12(2-3-16)24-13(23-8)9-4-10(14(18,19)7-17)6-11(5-9)15(20,21)22/h4-6H,2-3,7H2,1H3. The van der Waals surface area contributed by atoms with Gasteiger partial charge in [0, 0.05) is 21.9 Å². The molecule has 1 aromatic heterocycles. The molecule has 0 aliphatic rings. The lowest BCUT2D eigenvalue weighted by Gasteiger charge is -2.16. The molecule has 0 saturated carbocycles. The Labute approximate surface area is 143 Å². The maximum atomic E-state index is 13.6. The zero-order chi connectivity index (χ0) is 18.1. The molecule has 24 heavy (non-hydrogen) atoms. The zero-order valence-electron chi connectivity index (χ0n) is 12.4. The molecule has 132 valence electrons. The van der Waals surface area contributed by atoms with Crippen molar-refractivity contribution in [1.29, 1.82) is 0 Å². The van der Waals surface area contributed by atoms with Crippen LogP contribution in [0.1, 0.15) is 21.7 Å². The van der Waals surface area contributed by atoms with Gasteiger partial charge in [-0.3, -0.25) is 0 Å². The van der Waals surface area contributed by atoms with Crippen molar-refractivity contribution < 1.29 is 26.3 Å². The minimum Gasteiger partial charge on any atom is -0.244 e. The molecular formula is C15H12ClF6NS. The quantitative estimate of drug-likeness (QED) is 0.454. The second kappa shape index (κ2) is 6.92. The van der Waals surface area contributed by atoms with E-state index in [-0.39, 0.29) is 16.6 Å². The zero-order valence-corrected chi connectivity index (χ0v) is 13.9. The van der Waals surface area contributed by atoms with E-state index in [4.69, 9.17) is 11.6 Å². The number of aromatic nitrogens is 1. The lowest BCUT2D eigenvalue weighted by atomic mass is 10.0. The highest BCUT2D eigenvalue weighted by Crippen LogP contribution is 2.39. The molecule has 0 atom stereocenters. The molecular weight excluding hydrogens is 376 g/mol. The second-order valence-corrected chi connectivity index (χ2v) is 6.56. The molecule has 0 aliphatic carbocycles. The van der Waals surface area contributed by atoms with Crippen LogP contribution < -0.4 is 0 Å². The summed E-state index contributed by atoms with van der Waals surface area (Å²) in [7, 11) is 0. The van der Waals surface area contributed by atoms with Crippen LogP contribution >= 0.6 is 22.9 Å². The Balaban J connectivity index is 2.61. The number of alkyl halides is 7. The number of hydrogen-bond acceptors (Lipinski definition) is 2. The summed E-state index contributed by atoms with van der Waals surface area (Å²) < 4.78 is 78.6. The van der Waals surface area contributed by atoms with Crippen molar-refractivity contribution in [2.24, 2.45) is 0 Å². The van der Waals surface area contributed by atoms with Crippen LogP contribution in [0.5, 0.6) is 0 Å². The van der Waals surface area contributed by atoms with Gasteiger partial charge in [-0.15, -0.1) is 22.9 Å². The maximum Gasteiger partial charge on any atom is 0.416 e. The predicted octanol–water partition coefficient (Wildman–Crippen LogP) is 5.98. The largest absolute Gasteiger partial charge is 0.416 e. The molecule has 0 spiro atoms. The number of halogens is 7. The first kappa shape index (κ1) is 19.1. The Morgan fingerprint density at radius 2 is 1.71 bits per heavy atom. The molecule has 2 rings (SSSR count). The topological polar surface area (TPSA) is 12.9 Å². The molecule has 0 bridgehead atoms. The Bertz CT molecular complexity index is 725. The molecule has 1 aromatic carbocycles. The van der Waals surface area contributed by atoms with Gasteiger partial charge in [0.05, 0.1) is 11.3 Å². The van der Waals surface area contributed by atoms with E-state index in [0.717, 1.165) is 28.3 Å². The van der Waals surface area contributed by atoms with E-state index < -0.39 is 29.9 Å². The smallest absolute Gasteiger partial charge is 0.244 e. The van der Waals surface area contributed by atoms with Gasteiger partial charge in [0.2, 0.25) is 0 Å². The summed E-state index contributed by atoms with van der Waals surface area (Å²) in [5, 5.41) is 0.162. The van der Waals surface area contributed by atoms with Gasteiger partial charge in [-0.05, 0) is 31.5 Å². The molecule has 1 nitrogen and oxygen atoms in total. The Morgan fingerprint density at radius 3 is 2.25 bits per heavy atom. The van der Waals surface area contributed by atoms with Crippen LogP contribution in [-0.4, -0.2) is 17.5 Å². The highest BCUT2D eigenvalue weighted by molar-refractivity contribution is 7.15. The highest BCUT2D eigenvalue weighted by Gasteiger charge is 2.37. The van der Waals surface area contributed by atoms with Crippen molar-refractivity contribution in [3.63, 3.8) is 0 Å². The van der Waals surface area contributed by atoms with Gasteiger partial charge < -0.3 is 0 Å². The number of hydrogen-bond donors (Lipinski definition) is 0. The third kappa shape index (κ3) is 4.03. The number of benzene rings is 1. The van der Waals surface area contributed by atoms with Gasteiger partial charge in [0.1, 0.15) is 5.01 Å².